The molecule has 136 valence electrons. The van der Waals surface area contributed by atoms with Gasteiger partial charge in [-0.2, -0.15) is 0 Å². The maximum absolute atomic E-state index is 13.1. The number of aromatic nitrogens is 2. The third-order valence-electron chi connectivity index (χ3n) is 5.55. The van der Waals surface area contributed by atoms with E-state index >= 15 is 0 Å². The van der Waals surface area contributed by atoms with Crippen LogP contribution in [-0.2, 0) is 11.8 Å². The molecule has 0 bridgehead atoms. The van der Waals surface area contributed by atoms with Crippen LogP contribution in [0.5, 0.6) is 0 Å². The second-order valence-electron chi connectivity index (χ2n) is 7.21. The average Bonchev–Trinajstić information content (AvgIpc) is 2.99. The summed E-state index contributed by atoms with van der Waals surface area (Å²) in [5, 5.41) is 0. The van der Waals surface area contributed by atoms with Gasteiger partial charge in [-0.3, -0.25) is 14.3 Å². The number of hydrogen-bond acceptors (Lipinski definition) is 3. The van der Waals surface area contributed by atoms with Gasteiger partial charge in [0.05, 0.1) is 11.4 Å². The van der Waals surface area contributed by atoms with Crippen molar-refractivity contribution in [3.63, 3.8) is 0 Å². The minimum absolute atomic E-state index is 0.161. The Morgan fingerprint density at radius 3 is 2.46 bits per heavy atom. The van der Waals surface area contributed by atoms with Crippen molar-refractivity contribution in [2.75, 3.05) is 11.4 Å². The van der Waals surface area contributed by atoms with Crippen LogP contribution in [0, 0.1) is 12.8 Å². The Bertz CT molecular complexity index is 944. The molecular weight excluding hydrogens is 332 g/mol. The summed E-state index contributed by atoms with van der Waals surface area (Å²) < 4.78 is 3.18. The van der Waals surface area contributed by atoms with E-state index in [0.717, 1.165) is 11.3 Å². The van der Waals surface area contributed by atoms with Crippen LogP contribution in [-0.4, -0.2) is 38.8 Å². The third-order valence-corrected chi connectivity index (χ3v) is 5.55. The molecule has 3 amide bonds. The van der Waals surface area contributed by atoms with Crippen LogP contribution >= 0.6 is 0 Å². The zero-order valence-corrected chi connectivity index (χ0v) is 15.2. The number of urea groups is 1. The quantitative estimate of drug-likeness (QED) is 0.775. The first-order valence-electron chi connectivity index (χ1n) is 8.90. The fraction of sp³-hybridized carbons (Fsp3) is 0.421. The lowest BCUT2D eigenvalue weighted by Crippen LogP contribution is -2.41. The standard InChI is InChI=1S/C19H22N4O3/c1-12-9-10-21-15(11-12)17(24)22(19(21)26)16-13(2)20(3)23(18(16)25)14-7-5-4-6-8-14/h4-8,12,15H,9-11H2,1-3H3. The first kappa shape index (κ1) is 16.6. The predicted molar refractivity (Wildman–Crippen MR) is 97.5 cm³/mol. The smallest absolute Gasteiger partial charge is 0.312 e. The molecular formula is C19H22N4O3. The van der Waals surface area contributed by atoms with Gasteiger partial charge in [0, 0.05) is 13.6 Å². The van der Waals surface area contributed by atoms with Crippen molar-refractivity contribution in [2.24, 2.45) is 13.0 Å². The minimum Gasteiger partial charge on any atom is -0.312 e. The first-order chi connectivity index (χ1) is 12.4. The van der Waals surface area contributed by atoms with E-state index in [9.17, 15) is 14.4 Å². The van der Waals surface area contributed by atoms with E-state index in [0.29, 0.717) is 30.3 Å². The molecule has 0 N–H and O–H groups in total. The van der Waals surface area contributed by atoms with Crippen molar-refractivity contribution in [2.45, 2.75) is 32.7 Å². The van der Waals surface area contributed by atoms with E-state index in [-0.39, 0.29) is 23.2 Å². The number of hydrogen-bond donors (Lipinski definition) is 0. The summed E-state index contributed by atoms with van der Waals surface area (Å²) in [5.41, 5.74) is 1.09. The Morgan fingerprint density at radius 1 is 1.08 bits per heavy atom. The second kappa shape index (κ2) is 5.86. The molecule has 0 radical (unpaired) electrons. The Hall–Kier alpha value is -2.83. The summed E-state index contributed by atoms with van der Waals surface area (Å²) in [6, 6.07) is 8.38. The molecule has 2 saturated heterocycles. The summed E-state index contributed by atoms with van der Waals surface area (Å²) in [7, 11) is 1.76. The summed E-state index contributed by atoms with van der Waals surface area (Å²) in [6.45, 7) is 4.41. The van der Waals surface area contributed by atoms with Crippen LogP contribution in [0.15, 0.2) is 35.1 Å². The fourth-order valence-corrected chi connectivity index (χ4v) is 3.99. The lowest BCUT2D eigenvalue weighted by atomic mass is 9.93. The Morgan fingerprint density at radius 2 is 1.77 bits per heavy atom. The van der Waals surface area contributed by atoms with Crippen molar-refractivity contribution < 1.29 is 9.59 Å². The summed E-state index contributed by atoms with van der Waals surface area (Å²) in [4.78, 5) is 41.7. The number of imide groups is 1. The first-order valence-corrected chi connectivity index (χ1v) is 8.90. The van der Waals surface area contributed by atoms with Crippen LogP contribution in [0.3, 0.4) is 0 Å². The highest BCUT2D eigenvalue weighted by molar-refractivity contribution is 6.21. The van der Waals surface area contributed by atoms with Gasteiger partial charge >= 0.3 is 6.03 Å². The van der Waals surface area contributed by atoms with Crippen LogP contribution < -0.4 is 10.5 Å². The van der Waals surface area contributed by atoms with Gasteiger partial charge in [-0.25, -0.2) is 14.4 Å². The van der Waals surface area contributed by atoms with Crippen molar-refractivity contribution in [3.05, 3.63) is 46.4 Å². The molecule has 1 aromatic heterocycles. The molecule has 26 heavy (non-hydrogen) atoms. The maximum Gasteiger partial charge on any atom is 0.332 e. The number of rotatable bonds is 2. The third kappa shape index (κ3) is 2.23. The summed E-state index contributed by atoms with van der Waals surface area (Å²) in [5.74, 6) is 0.110. The van der Waals surface area contributed by atoms with Gasteiger partial charge in [0.2, 0.25) is 0 Å². The number of carbonyl (C=O) groups is 2. The molecule has 0 saturated carbocycles. The summed E-state index contributed by atoms with van der Waals surface area (Å²) in [6.07, 6.45) is 1.53. The topological polar surface area (TPSA) is 67.6 Å². The number of para-hydroxylation sites is 1. The molecule has 2 aliphatic rings. The van der Waals surface area contributed by atoms with E-state index in [4.69, 9.17) is 0 Å². The van der Waals surface area contributed by atoms with Crippen LogP contribution in [0.1, 0.15) is 25.5 Å². The normalized spacial score (nSPS) is 22.9. The number of nitrogens with zero attached hydrogens (tertiary/aromatic N) is 4. The van der Waals surface area contributed by atoms with Gasteiger partial charge in [-0.15, -0.1) is 0 Å². The molecule has 2 aromatic rings. The van der Waals surface area contributed by atoms with Gasteiger partial charge in [-0.1, -0.05) is 25.1 Å². The number of amides is 3. The Kier molecular flexibility index (Phi) is 3.75. The molecule has 4 rings (SSSR count). The van der Waals surface area contributed by atoms with Crippen molar-refractivity contribution in [1.29, 1.82) is 0 Å². The van der Waals surface area contributed by atoms with Crippen LogP contribution in [0.2, 0.25) is 0 Å². The van der Waals surface area contributed by atoms with E-state index in [1.54, 1.807) is 23.6 Å². The van der Waals surface area contributed by atoms with E-state index < -0.39 is 6.04 Å². The highest BCUT2D eigenvalue weighted by atomic mass is 16.2. The monoisotopic (exact) mass is 354 g/mol. The number of piperidine rings is 1. The highest BCUT2D eigenvalue weighted by Crippen LogP contribution is 2.33. The Labute approximate surface area is 151 Å². The zero-order chi connectivity index (χ0) is 18.6. The molecule has 0 spiro atoms. The average molecular weight is 354 g/mol. The number of fused-ring (bicyclic) bond motifs is 1. The van der Waals surface area contributed by atoms with Gasteiger partial charge in [0.1, 0.15) is 11.7 Å². The van der Waals surface area contributed by atoms with Gasteiger partial charge in [0.15, 0.2) is 0 Å². The summed E-state index contributed by atoms with van der Waals surface area (Å²) >= 11 is 0. The minimum atomic E-state index is -0.449. The van der Waals surface area contributed by atoms with Crippen LogP contribution in [0.4, 0.5) is 10.5 Å². The lowest BCUT2D eigenvalue weighted by molar-refractivity contribution is -0.120. The number of benzene rings is 1. The van der Waals surface area contributed by atoms with Gasteiger partial charge in [-0.05, 0) is 37.8 Å². The molecule has 2 atom stereocenters. The van der Waals surface area contributed by atoms with E-state index in [2.05, 4.69) is 6.92 Å². The van der Waals surface area contributed by atoms with Gasteiger partial charge < -0.3 is 4.90 Å². The van der Waals surface area contributed by atoms with Crippen molar-refractivity contribution in [1.82, 2.24) is 14.3 Å². The lowest BCUT2D eigenvalue weighted by Gasteiger charge is -2.30. The fourth-order valence-electron chi connectivity index (χ4n) is 3.99. The second-order valence-corrected chi connectivity index (χ2v) is 7.21. The molecule has 1 aromatic carbocycles. The molecule has 0 aliphatic carbocycles. The molecule has 7 nitrogen and oxygen atoms in total. The number of anilines is 1. The molecule has 2 aliphatic heterocycles. The molecule has 2 unspecified atom stereocenters. The van der Waals surface area contributed by atoms with Crippen molar-refractivity contribution in [3.8, 4) is 5.69 Å². The molecule has 3 heterocycles. The highest BCUT2D eigenvalue weighted by Gasteiger charge is 2.49. The predicted octanol–water partition coefficient (Wildman–Crippen LogP) is 2.05. The van der Waals surface area contributed by atoms with E-state index in [1.807, 2.05) is 30.3 Å². The zero-order valence-electron chi connectivity index (χ0n) is 15.2. The molecule has 7 heteroatoms. The molecule has 2 fully saturated rings. The van der Waals surface area contributed by atoms with Gasteiger partial charge in [0.25, 0.3) is 11.5 Å². The van der Waals surface area contributed by atoms with Crippen LogP contribution in [0.25, 0.3) is 5.69 Å². The van der Waals surface area contributed by atoms with Crippen molar-refractivity contribution >= 4 is 17.6 Å². The number of carbonyl (C=O) groups excluding carboxylic acids is 2. The Balaban J connectivity index is 1.83. The van der Waals surface area contributed by atoms with E-state index in [1.165, 1.54) is 4.68 Å². The largest absolute Gasteiger partial charge is 0.332 e. The SMILES string of the molecule is Cc1c(N2C(=O)C3CC(C)CCN3C2=O)c(=O)n(-c2ccccc2)n1C. The maximum atomic E-state index is 13.1.